The Labute approximate surface area is 154 Å². The molecule has 6 nitrogen and oxygen atoms in total. The van der Waals surface area contributed by atoms with Crippen molar-refractivity contribution in [1.82, 2.24) is 0 Å². The second-order valence-electron chi connectivity index (χ2n) is 5.32. The highest BCUT2D eigenvalue weighted by molar-refractivity contribution is 6.30. The van der Waals surface area contributed by atoms with Gasteiger partial charge in [-0.15, -0.1) is 0 Å². The molecule has 1 aliphatic rings. The molecular weight excluding hydrogens is 367 g/mol. The van der Waals surface area contributed by atoms with Crippen molar-refractivity contribution in [3.63, 3.8) is 0 Å². The third-order valence-electron chi connectivity index (χ3n) is 3.50. The van der Waals surface area contributed by atoms with E-state index < -0.39 is 18.3 Å². The molecule has 0 radical (unpaired) electrons. The Morgan fingerprint density at radius 2 is 1.72 bits per heavy atom. The van der Waals surface area contributed by atoms with E-state index in [1.165, 1.54) is 4.90 Å². The number of halogens is 2. The average molecular weight is 381 g/mol. The maximum absolute atomic E-state index is 11.9. The first-order valence-electron chi connectivity index (χ1n) is 7.44. The van der Waals surface area contributed by atoms with Crippen molar-refractivity contribution >= 4 is 46.8 Å². The Bertz CT molecular complexity index is 765. The van der Waals surface area contributed by atoms with Gasteiger partial charge in [-0.05, 0) is 48.5 Å². The van der Waals surface area contributed by atoms with Crippen LogP contribution in [-0.4, -0.2) is 31.4 Å². The molecule has 2 aromatic carbocycles. The molecule has 130 valence electrons. The minimum absolute atomic E-state index is 0.0464. The molecule has 1 heterocycles. The summed E-state index contributed by atoms with van der Waals surface area (Å²) in [5.74, 6) is 0. The molecule has 1 aliphatic heterocycles. The standard InChI is InChI=1S/C17H14Cl2N2O4/c18-11-1-5-13(6-2-11)20-16(22)24-10-15-9-21(17(23)25-15)14-7-3-12(19)4-8-14/h1-8,15H,9-10H2,(H,20,22)/t15-/m0/s1. The Morgan fingerprint density at radius 1 is 1.12 bits per heavy atom. The molecule has 3 rings (SSSR count). The molecule has 0 bridgehead atoms. The molecule has 0 aromatic heterocycles. The van der Waals surface area contributed by atoms with Gasteiger partial charge in [-0.25, -0.2) is 9.59 Å². The number of amides is 2. The van der Waals surface area contributed by atoms with Gasteiger partial charge in [0.05, 0.1) is 6.54 Å². The van der Waals surface area contributed by atoms with Gasteiger partial charge in [0.2, 0.25) is 0 Å². The fourth-order valence-electron chi connectivity index (χ4n) is 2.30. The minimum atomic E-state index is -0.636. The van der Waals surface area contributed by atoms with Gasteiger partial charge in [-0.2, -0.15) is 0 Å². The van der Waals surface area contributed by atoms with Crippen molar-refractivity contribution < 1.29 is 19.1 Å². The lowest BCUT2D eigenvalue weighted by Gasteiger charge is -2.13. The molecule has 0 unspecified atom stereocenters. The number of rotatable bonds is 4. The largest absolute Gasteiger partial charge is 0.445 e. The number of benzene rings is 2. The van der Waals surface area contributed by atoms with Crippen LogP contribution in [0.4, 0.5) is 21.0 Å². The summed E-state index contributed by atoms with van der Waals surface area (Å²) in [6.07, 6.45) is -1.67. The van der Waals surface area contributed by atoms with Crippen molar-refractivity contribution in [2.45, 2.75) is 6.10 Å². The number of nitrogens with zero attached hydrogens (tertiary/aromatic N) is 1. The fraction of sp³-hybridized carbons (Fsp3) is 0.176. The van der Waals surface area contributed by atoms with Crippen LogP contribution in [0.3, 0.4) is 0 Å². The summed E-state index contributed by atoms with van der Waals surface area (Å²) in [5.41, 5.74) is 1.23. The van der Waals surface area contributed by atoms with Crippen LogP contribution in [0.5, 0.6) is 0 Å². The fourth-order valence-corrected chi connectivity index (χ4v) is 2.55. The molecule has 2 amide bonds. The molecule has 0 saturated carbocycles. The van der Waals surface area contributed by atoms with Crippen molar-refractivity contribution in [1.29, 1.82) is 0 Å². The first kappa shape index (κ1) is 17.4. The Kier molecular flexibility index (Phi) is 5.31. The van der Waals surface area contributed by atoms with E-state index in [-0.39, 0.29) is 13.2 Å². The predicted molar refractivity (Wildman–Crippen MR) is 95.5 cm³/mol. The highest BCUT2D eigenvalue weighted by Crippen LogP contribution is 2.23. The van der Waals surface area contributed by atoms with E-state index in [1.807, 2.05) is 0 Å². The quantitative estimate of drug-likeness (QED) is 0.843. The molecule has 0 spiro atoms. The van der Waals surface area contributed by atoms with Gasteiger partial charge in [-0.3, -0.25) is 10.2 Å². The summed E-state index contributed by atoms with van der Waals surface area (Å²) in [6, 6.07) is 13.4. The summed E-state index contributed by atoms with van der Waals surface area (Å²) >= 11 is 11.6. The summed E-state index contributed by atoms with van der Waals surface area (Å²) in [7, 11) is 0. The van der Waals surface area contributed by atoms with Crippen LogP contribution >= 0.6 is 23.2 Å². The molecular formula is C17H14Cl2N2O4. The highest BCUT2D eigenvalue weighted by atomic mass is 35.5. The van der Waals surface area contributed by atoms with Crippen LogP contribution in [0.25, 0.3) is 0 Å². The van der Waals surface area contributed by atoms with Crippen molar-refractivity contribution in [3.8, 4) is 0 Å². The lowest BCUT2D eigenvalue weighted by Crippen LogP contribution is -2.27. The van der Waals surface area contributed by atoms with E-state index in [1.54, 1.807) is 48.5 Å². The van der Waals surface area contributed by atoms with E-state index in [0.717, 1.165) is 0 Å². The first-order valence-corrected chi connectivity index (χ1v) is 8.20. The van der Waals surface area contributed by atoms with Gasteiger partial charge >= 0.3 is 12.2 Å². The molecule has 1 atom stereocenters. The first-order chi connectivity index (χ1) is 12.0. The zero-order valence-corrected chi connectivity index (χ0v) is 14.5. The topological polar surface area (TPSA) is 67.9 Å². The Morgan fingerprint density at radius 3 is 2.36 bits per heavy atom. The number of carbonyl (C=O) groups excluding carboxylic acids is 2. The molecule has 25 heavy (non-hydrogen) atoms. The monoisotopic (exact) mass is 380 g/mol. The smallest absolute Gasteiger partial charge is 0.414 e. The summed E-state index contributed by atoms with van der Waals surface area (Å²) in [5, 5.41) is 3.71. The maximum atomic E-state index is 11.9. The number of anilines is 2. The molecule has 2 aromatic rings. The van der Waals surface area contributed by atoms with Crippen molar-refractivity contribution in [2.75, 3.05) is 23.4 Å². The number of hydrogen-bond acceptors (Lipinski definition) is 4. The second-order valence-corrected chi connectivity index (χ2v) is 6.20. The van der Waals surface area contributed by atoms with Crippen molar-refractivity contribution in [2.24, 2.45) is 0 Å². The van der Waals surface area contributed by atoms with Crippen LogP contribution in [0, 0.1) is 0 Å². The SMILES string of the molecule is O=C(Nc1ccc(Cl)cc1)OC[C@@H]1CN(c2ccc(Cl)cc2)C(=O)O1. The number of nitrogens with one attached hydrogen (secondary N) is 1. The van der Waals surface area contributed by atoms with Crippen LogP contribution in [0.2, 0.25) is 10.0 Å². The lowest BCUT2D eigenvalue weighted by molar-refractivity contribution is 0.0798. The molecule has 8 heteroatoms. The number of hydrogen-bond donors (Lipinski definition) is 1. The summed E-state index contributed by atoms with van der Waals surface area (Å²) in [4.78, 5) is 25.2. The van der Waals surface area contributed by atoms with Crippen LogP contribution in [0.1, 0.15) is 0 Å². The van der Waals surface area contributed by atoms with E-state index in [4.69, 9.17) is 32.7 Å². The predicted octanol–water partition coefficient (Wildman–Crippen LogP) is 4.57. The minimum Gasteiger partial charge on any atom is -0.445 e. The van der Waals surface area contributed by atoms with Gasteiger partial charge in [0.15, 0.2) is 6.10 Å². The van der Waals surface area contributed by atoms with Gasteiger partial charge in [0.25, 0.3) is 0 Å². The Hall–Kier alpha value is -2.44. The average Bonchev–Trinajstić information content (AvgIpc) is 2.97. The van der Waals surface area contributed by atoms with Gasteiger partial charge in [0, 0.05) is 21.4 Å². The van der Waals surface area contributed by atoms with Crippen LogP contribution in [-0.2, 0) is 9.47 Å². The number of carbonyl (C=O) groups is 2. The normalized spacial score (nSPS) is 16.5. The summed E-state index contributed by atoms with van der Waals surface area (Å²) < 4.78 is 10.3. The van der Waals surface area contributed by atoms with E-state index in [2.05, 4.69) is 5.32 Å². The van der Waals surface area contributed by atoms with Gasteiger partial charge in [0.1, 0.15) is 6.61 Å². The molecule has 1 fully saturated rings. The number of cyclic esters (lactones) is 1. The Balaban J connectivity index is 1.50. The third kappa shape index (κ3) is 4.55. The molecule has 1 saturated heterocycles. The van der Waals surface area contributed by atoms with E-state index in [9.17, 15) is 9.59 Å². The zero-order valence-electron chi connectivity index (χ0n) is 12.9. The number of ether oxygens (including phenoxy) is 2. The highest BCUT2D eigenvalue weighted by Gasteiger charge is 2.33. The van der Waals surface area contributed by atoms with Crippen LogP contribution in [0.15, 0.2) is 48.5 Å². The summed E-state index contributed by atoms with van der Waals surface area (Å²) in [6.45, 7) is 0.240. The maximum Gasteiger partial charge on any atom is 0.414 e. The second kappa shape index (κ2) is 7.63. The van der Waals surface area contributed by atoms with E-state index >= 15 is 0 Å². The van der Waals surface area contributed by atoms with Gasteiger partial charge in [-0.1, -0.05) is 23.2 Å². The molecule has 1 N–H and O–H groups in total. The van der Waals surface area contributed by atoms with Crippen molar-refractivity contribution in [3.05, 3.63) is 58.6 Å². The van der Waals surface area contributed by atoms with E-state index in [0.29, 0.717) is 21.4 Å². The van der Waals surface area contributed by atoms with Crippen LogP contribution < -0.4 is 10.2 Å². The molecule has 0 aliphatic carbocycles. The zero-order chi connectivity index (χ0) is 17.8. The lowest BCUT2D eigenvalue weighted by atomic mass is 10.3. The third-order valence-corrected chi connectivity index (χ3v) is 4.01. The van der Waals surface area contributed by atoms with Gasteiger partial charge < -0.3 is 9.47 Å².